The average molecular weight is 267 g/mol. The Morgan fingerprint density at radius 3 is 2.63 bits per heavy atom. The lowest BCUT2D eigenvalue weighted by atomic mass is 10.1. The van der Waals surface area contributed by atoms with Gasteiger partial charge in [0.15, 0.2) is 0 Å². The maximum Gasteiger partial charge on any atom is 0.00798 e. The molecule has 2 rings (SSSR count). The quantitative estimate of drug-likeness (QED) is 0.824. The Kier molecular flexibility index (Phi) is 6.11. The van der Waals surface area contributed by atoms with Crippen molar-refractivity contribution in [3.8, 4) is 0 Å². The first-order valence-electron chi connectivity index (χ1n) is 8.38. The van der Waals surface area contributed by atoms with Crippen molar-refractivity contribution in [2.75, 3.05) is 39.3 Å². The first-order valence-corrected chi connectivity index (χ1v) is 8.38. The summed E-state index contributed by atoms with van der Waals surface area (Å²) in [5.41, 5.74) is 0. The summed E-state index contributed by atoms with van der Waals surface area (Å²) in [6, 6.07) is 1.49. The molecule has 0 spiro atoms. The maximum absolute atomic E-state index is 3.85. The molecule has 0 bridgehead atoms. The summed E-state index contributed by atoms with van der Waals surface area (Å²) in [6.45, 7) is 14.6. The van der Waals surface area contributed by atoms with Crippen LogP contribution in [0.2, 0.25) is 0 Å². The largest absolute Gasteiger partial charge is 0.314 e. The van der Waals surface area contributed by atoms with E-state index in [9.17, 15) is 0 Å². The molecule has 3 nitrogen and oxygen atoms in total. The van der Waals surface area contributed by atoms with Crippen molar-refractivity contribution in [3.05, 3.63) is 0 Å². The van der Waals surface area contributed by atoms with E-state index in [2.05, 4.69) is 35.9 Å². The zero-order valence-corrected chi connectivity index (χ0v) is 13.2. The first-order chi connectivity index (χ1) is 9.19. The monoisotopic (exact) mass is 267 g/mol. The standard InChI is InChI=1S/C16H33N3/c1-4-18-9-5-6-16(8-10-18)17-12-15-7-11-19(13-15)14(2)3/h14-17H,4-13H2,1-3H3. The van der Waals surface area contributed by atoms with E-state index in [0.717, 1.165) is 18.0 Å². The van der Waals surface area contributed by atoms with E-state index in [1.807, 2.05) is 0 Å². The molecular formula is C16H33N3. The van der Waals surface area contributed by atoms with E-state index in [0.29, 0.717) is 0 Å². The van der Waals surface area contributed by atoms with Crippen molar-refractivity contribution < 1.29 is 0 Å². The molecule has 0 aliphatic carbocycles. The third kappa shape index (κ3) is 4.73. The lowest BCUT2D eigenvalue weighted by molar-refractivity contribution is 0.261. The van der Waals surface area contributed by atoms with E-state index in [4.69, 9.17) is 0 Å². The van der Waals surface area contributed by atoms with Crippen LogP contribution in [0.15, 0.2) is 0 Å². The lowest BCUT2D eigenvalue weighted by Gasteiger charge is -2.22. The van der Waals surface area contributed by atoms with E-state index >= 15 is 0 Å². The van der Waals surface area contributed by atoms with Gasteiger partial charge in [-0.15, -0.1) is 0 Å². The number of nitrogens with zero attached hydrogens (tertiary/aromatic N) is 2. The molecule has 2 atom stereocenters. The fourth-order valence-corrected chi connectivity index (χ4v) is 3.51. The molecule has 3 heteroatoms. The number of hydrogen-bond donors (Lipinski definition) is 1. The Balaban J connectivity index is 1.65. The van der Waals surface area contributed by atoms with Gasteiger partial charge in [0.1, 0.15) is 0 Å². The third-order valence-electron chi connectivity index (χ3n) is 5.01. The summed E-state index contributed by atoms with van der Waals surface area (Å²) < 4.78 is 0. The summed E-state index contributed by atoms with van der Waals surface area (Å²) in [6.07, 6.45) is 5.47. The average Bonchev–Trinajstić information content (AvgIpc) is 2.76. The van der Waals surface area contributed by atoms with Crippen LogP contribution in [-0.4, -0.2) is 61.2 Å². The molecule has 2 unspecified atom stereocenters. The molecule has 112 valence electrons. The fraction of sp³-hybridized carbons (Fsp3) is 1.00. The molecule has 2 aliphatic rings. The summed E-state index contributed by atoms with van der Waals surface area (Å²) in [7, 11) is 0. The predicted molar refractivity (Wildman–Crippen MR) is 82.6 cm³/mol. The SMILES string of the molecule is CCN1CCCC(NCC2CCN(C(C)C)C2)CC1. The summed E-state index contributed by atoms with van der Waals surface area (Å²) in [5.74, 6) is 0.882. The van der Waals surface area contributed by atoms with Crippen LogP contribution >= 0.6 is 0 Å². The molecule has 0 aromatic rings. The lowest BCUT2D eigenvalue weighted by Crippen LogP contribution is -2.36. The second-order valence-electron chi connectivity index (χ2n) is 6.71. The molecule has 0 aromatic carbocycles. The molecule has 0 saturated carbocycles. The van der Waals surface area contributed by atoms with Crippen LogP contribution in [0.1, 0.15) is 46.5 Å². The number of hydrogen-bond acceptors (Lipinski definition) is 3. The van der Waals surface area contributed by atoms with Gasteiger partial charge in [-0.05, 0) is 78.2 Å². The van der Waals surface area contributed by atoms with Crippen LogP contribution in [0.25, 0.3) is 0 Å². The Morgan fingerprint density at radius 2 is 1.95 bits per heavy atom. The number of nitrogens with one attached hydrogen (secondary N) is 1. The van der Waals surface area contributed by atoms with Gasteiger partial charge in [0.25, 0.3) is 0 Å². The van der Waals surface area contributed by atoms with Crippen LogP contribution in [-0.2, 0) is 0 Å². The zero-order chi connectivity index (χ0) is 13.7. The van der Waals surface area contributed by atoms with Gasteiger partial charge in [-0.1, -0.05) is 6.92 Å². The van der Waals surface area contributed by atoms with E-state index in [1.165, 1.54) is 65.0 Å². The molecule has 0 radical (unpaired) electrons. The van der Waals surface area contributed by atoms with E-state index < -0.39 is 0 Å². The van der Waals surface area contributed by atoms with Gasteiger partial charge in [0.05, 0.1) is 0 Å². The van der Waals surface area contributed by atoms with Gasteiger partial charge < -0.3 is 15.1 Å². The Bertz CT molecular complexity index is 254. The summed E-state index contributed by atoms with van der Waals surface area (Å²) in [4.78, 5) is 5.22. The highest BCUT2D eigenvalue weighted by Gasteiger charge is 2.25. The van der Waals surface area contributed by atoms with Crippen molar-refractivity contribution in [3.63, 3.8) is 0 Å². The van der Waals surface area contributed by atoms with E-state index in [1.54, 1.807) is 0 Å². The minimum Gasteiger partial charge on any atom is -0.314 e. The van der Waals surface area contributed by atoms with Gasteiger partial charge in [-0.3, -0.25) is 0 Å². The molecule has 1 N–H and O–H groups in total. The number of likely N-dealkylation sites (tertiary alicyclic amines) is 2. The molecule has 2 saturated heterocycles. The molecule has 0 amide bonds. The van der Waals surface area contributed by atoms with Gasteiger partial charge in [0.2, 0.25) is 0 Å². The van der Waals surface area contributed by atoms with Gasteiger partial charge >= 0.3 is 0 Å². The minimum atomic E-state index is 0.723. The molecule has 2 heterocycles. The minimum absolute atomic E-state index is 0.723. The van der Waals surface area contributed by atoms with Crippen molar-refractivity contribution in [1.29, 1.82) is 0 Å². The van der Waals surface area contributed by atoms with Crippen molar-refractivity contribution in [2.24, 2.45) is 5.92 Å². The maximum atomic E-state index is 3.85. The highest BCUT2D eigenvalue weighted by atomic mass is 15.2. The normalized spacial score (nSPS) is 30.9. The topological polar surface area (TPSA) is 18.5 Å². The van der Waals surface area contributed by atoms with Crippen LogP contribution < -0.4 is 5.32 Å². The van der Waals surface area contributed by atoms with Crippen molar-refractivity contribution >= 4 is 0 Å². The van der Waals surface area contributed by atoms with Crippen molar-refractivity contribution in [2.45, 2.75) is 58.5 Å². The third-order valence-corrected chi connectivity index (χ3v) is 5.01. The highest BCUT2D eigenvalue weighted by molar-refractivity contribution is 4.81. The second kappa shape index (κ2) is 7.61. The zero-order valence-electron chi connectivity index (χ0n) is 13.2. The molecular weight excluding hydrogens is 234 g/mol. The highest BCUT2D eigenvalue weighted by Crippen LogP contribution is 2.18. The van der Waals surface area contributed by atoms with Crippen LogP contribution in [0.4, 0.5) is 0 Å². The Hall–Kier alpha value is -0.120. The van der Waals surface area contributed by atoms with Gasteiger partial charge in [-0.2, -0.15) is 0 Å². The van der Waals surface area contributed by atoms with E-state index in [-0.39, 0.29) is 0 Å². The molecule has 2 fully saturated rings. The molecule has 0 aromatic heterocycles. The molecule has 19 heavy (non-hydrogen) atoms. The summed E-state index contributed by atoms with van der Waals surface area (Å²) >= 11 is 0. The number of rotatable bonds is 5. The Morgan fingerprint density at radius 1 is 1.11 bits per heavy atom. The van der Waals surface area contributed by atoms with Gasteiger partial charge in [0, 0.05) is 18.6 Å². The van der Waals surface area contributed by atoms with Crippen LogP contribution in [0.3, 0.4) is 0 Å². The second-order valence-corrected chi connectivity index (χ2v) is 6.71. The van der Waals surface area contributed by atoms with Gasteiger partial charge in [-0.25, -0.2) is 0 Å². The molecule has 2 aliphatic heterocycles. The smallest absolute Gasteiger partial charge is 0.00798 e. The van der Waals surface area contributed by atoms with Crippen LogP contribution in [0.5, 0.6) is 0 Å². The Labute approximate surface area is 119 Å². The first kappa shape index (κ1) is 15.3. The van der Waals surface area contributed by atoms with Crippen LogP contribution in [0, 0.1) is 5.92 Å². The predicted octanol–water partition coefficient (Wildman–Crippen LogP) is 2.18. The summed E-state index contributed by atoms with van der Waals surface area (Å²) in [5, 5.41) is 3.85. The van der Waals surface area contributed by atoms with Crippen molar-refractivity contribution in [1.82, 2.24) is 15.1 Å². The fourth-order valence-electron chi connectivity index (χ4n) is 3.51.